The van der Waals surface area contributed by atoms with Crippen molar-refractivity contribution in [2.75, 3.05) is 13.7 Å². The molecule has 0 aromatic heterocycles. The van der Waals surface area contributed by atoms with Gasteiger partial charge in [0.05, 0.1) is 13.7 Å². The number of hydrogen-bond acceptors (Lipinski definition) is 3. The molecule has 0 radical (unpaired) electrons. The maximum absolute atomic E-state index is 10.8. The number of benzene rings is 2. The summed E-state index contributed by atoms with van der Waals surface area (Å²) < 4.78 is 10.5. The van der Waals surface area contributed by atoms with Gasteiger partial charge in [0.15, 0.2) is 0 Å². The van der Waals surface area contributed by atoms with Gasteiger partial charge in [-0.15, -0.1) is 0 Å². The van der Waals surface area contributed by atoms with E-state index in [2.05, 4.69) is 0 Å². The Bertz CT molecular complexity index is 541. The zero-order chi connectivity index (χ0) is 14.6. The summed E-state index contributed by atoms with van der Waals surface area (Å²) in [6.07, 6.45) is 0. The molecule has 0 bridgehead atoms. The average Bonchev–Trinajstić information content (AvgIpc) is 2.48. The molecule has 1 unspecified atom stereocenters. The third-order valence-corrected chi connectivity index (χ3v) is 3.38. The molecule has 106 valence electrons. The van der Waals surface area contributed by atoms with Gasteiger partial charge in [-0.05, 0) is 49.2 Å². The Hall–Kier alpha value is -2.00. The van der Waals surface area contributed by atoms with Crippen molar-refractivity contribution in [3.8, 4) is 11.5 Å². The monoisotopic (exact) mass is 272 g/mol. The van der Waals surface area contributed by atoms with Gasteiger partial charge in [0.2, 0.25) is 0 Å². The van der Waals surface area contributed by atoms with Crippen LogP contribution >= 0.6 is 0 Å². The van der Waals surface area contributed by atoms with Gasteiger partial charge in [0, 0.05) is 0 Å². The second-order valence-corrected chi connectivity index (χ2v) is 4.76. The fourth-order valence-electron chi connectivity index (χ4n) is 2.12. The maximum Gasteiger partial charge on any atom is 0.119 e. The van der Waals surface area contributed by atoms with Crippen LogP contribution in [0.4, 0.5) is 0 Å². The summed E-state index contributed by atoms with van der Waals surface area (Å²) in [5, 5.41) is 10.8. The summed E-state index contributed by atoms with van der Waals surface area (Å²) >= 11 is 0. The molecule has 0 fully saturated rings. The first-order chi connectivity index (χ1) is 9.57. The van der Waals surface area contributed by atoms with Gasteiger partial charge >= 0.3 is 0 Å². The van der Waals surface area contributed by atoms with E-state index in [0.29, 0.717) is 6.61 Å². The zero-order valence-electron chi connectivity index (χ0n) is 12.1. The van der Waals surface area contributed by atoms with Crippen molar-refractivity contribution >= 4 is 0 Å². The van der Waals surface area contributed by atoms with Crippen LogP contribution in [0.2, 0.25) is 0 Å². The third-order valence-electron chi connectivity index (χ3n) is 3.38. The molecular weight excluding hydrogens is 252 g/mol. The molecule has 0 heterocycles. The lowest BCUT2D eigenvalue weighted by molar-refractivity contribution is 0.102. The fourth-order valence-corrected chi connectivity index (χ4v) is 2.12. The molecule has 2 aromatic carbocycles. The molecule has 0 aliphatic carbocycles. The van der Waals surface area contributed by atoms with Crippen LogP contribution in [0.3, 0.4) is 0 Å². The van der Waals surface area contributed by atoms with E-state index in [1.165, 1.54) is 0 Å². The summed E-state index contributed by atoms with van der Waals surface area (Å²) in [7, 11) is 1.62. The molecule has 0 aliphatic rings. The third kappa shape index (κ3) is 2.94. The summed E-state index contributed by atoms with van der Waals surface area (Å²) in [6, 6.07) is 14.9. The van der Waals surface area contributed by atoms with E-state index in [9.17, 15) is 5.11 Å². The zero-order valence-corrected chi connectivity index (χ0v) is 12.1. The van der Waals surface area contributed by atoms with Gasteiger partial charge in [-0.2, -0.15) is 0 Å². The highest BCUT2D eigenvalue weighted by Gasteiger charge is 2.25. The van der Waals surface area contributed by atoms with E-state index >= 15 is 0 Å². The molecular formula is C17H20O3. The quantitative estimate of drug-likeness (QED) is 0.907. The summed E-state index contributed by atoms with van der Waals surface area (Å²) in [5.74, 6) is 1.58. The van der Waals surface area contributed by atoms with Crippen molar-refractivity contribution in [3.05, 3.63) is 59.7 Å². The summed E-state index contributed by atoms with van der Waals surface area (Å²) in [6.45, 7) is 4.36. The van der Waals surface area contributed by atoms with Gasteiger partial charge in [-0.3, -0.25) is 0 Å². The van der Waals surface area contributed by atoms with Crippen molar-refractivity contribution in [1.29, 1.82) is 0 Å². The van der Waals surface area contributed by atoms with Crippen LogP contribution in [0.25, 0.3) is 0 Å². The van der Waals surface area contributed by atoms with Crippen LogP contribution in [-0.4, -0.2) is 18.8 Å². The lowest BCUT2D eigenvalue weighted by Gasteiger charge is -2.25. The van der Waals surface area contributed by atoms with E-state index in [-0.39, 0.29) is 0 Å². The minimum Gasteiger partial charge on any atom is -0.497 e. The average molecular weight is 272 g/mol. The van der Waals surface area contributed by atoms with Crippen molar-refractivity contribution in [1.82, 2.24) is 0 Å². The molecule has 3 heteroatoms. The highest BCUT2D eigenvalue weighted by atomic mass is 16.5. The van der Waals surface area contributed by atoms with Gasteiger partial charge in [0.1, 0.15) is 17.1 Å². The molecule has 0 amide bonds. The number of methoxy groups -OCH3 is 1. The van der Waals surface area contributed by atoms with Crippen molar-refractivity contribution in [3.63, 3.8) is 0 Å². The Balaban J connectivity index is 2.27. The predicted octanol–water partition coefficient (Wildman–Crippen LogP) is 3.35. The van der Waals surface area contributed by atoms with Gasteiger partial charge < -0.3 is 14.6 Å². The highest BCUT2D eigenvalue weighted by molar-refractivity contribution is 5.40. The van der Waals surface area contributed by atoms with E-state index < -0.39 is 5.60 Å². The molecule has 20 heavy (non-hydrogen) atoms. The first-order valence-corrected chi connectivity index (χ1v) is 6.68. The minimum absolute atomic E-state index is 0.633. The topological polar surface area (TPSA) is 38.7 Å². The number of aliphatic hydroxyl groups is 1. The van der Waals surface area contributed by atoms with Crippen LogP contribution in [0.15, 0.2) is 48.5 Å². The van der Waals surface area contributed by atoms with Crippen LogP contribution in [-0.2, 0) is 5.60 Å². The molecule has 0 saturated carbocycles. The Morgan fingerprint density at radius 1 is 0.900 bits per heavy atom. The molecule has 3 nitrogen and oxygen atoms in total. The maximum atomic E-state index is 10.8. The van der Waals surface area contributed by atoms with Gasteiger partial charge in [0.25, 0.3) is 0 Å². The lowest BCUT2D eigenvalue weighted by atomic mass is 9.88. The standard InChI is InChI=1S/C17H20O3/c1-4-20-16-11-7-14(8-12-16)17(2,18)13-5-9-15(19-3)10-6-13/h5-12,18H,4H2,1-3H3. The van der Waals surface area contributed by atoms with Crippen molar-refractivity contribution < 1.29 is 14.6 Å². The molecule has 1 atom stereocenters. The molecule has 0 saturated heterocycles. The van der Waals surface area contributed by atoms with Crippen LogP contribution in [0.5, 0.6) is 11.5 Å². The Kier molecular flexibility index (Phi) is 4.30. The molecule has 0 aliphatic heterocycles. The number of hydrogen-bond donors (Lipinski definition) is 1. The van der Waals surface area contributed by atoms with Crippen LogP contribution < -0.4 is 9.47 Å². The largest absolute Gasteiger partial charge is 0.497 e. The second-order valence-electron chi connectivity index (χ2n) is 4.76. The van der Waals surface area contributed by atoms with Crippen molar-refractivity contribution in [2.24, 2.45) is 0 Å². The van der Waals surface area contributed by atoms with Crippen LogP contribution in [0, 0.1) is 0 Å². The Labute approximate surface area is 119 Å². The first kappa shape index (κ1) is 14.4. The second kappa shape index (κ2) is 5.97. The Morgan fingerprint density at radius 3 is 1.75 bits per heavy atom. The molecule has 0 spiro atoms. The number of rotatable bonds is 5. The minimum atomic E-state index is -1.04. The van der Waals surface area contributed by atoms with Crippen molar-refractivity contribution in [2.45, 2.75) is 19.4 Å². The Morgan fingerprint density at radius 2 is 1.35 bits per heavy atom. The van der Waals surface area contributed by atoms with E-state index in [1.807, 2.05) is 55.5 Å². The van der Waals surface area contributed by atoms with Gasteiger partial charge in [-0.25, -0.2) is 0 Å². The van der Waals surface area contributed by atoms with E-state index in [0.717, 1.165) is 22.6 Å². The smallest absolute Gasteiger partial charge is 0.119 e. The molecule has 1 N–H and O–H groups in total. The first-order valence-electron chi connectivity index (χ1n) is 6.68. The van der Waals surface area contributed by atoms with E-state index in [1.54, 1.807) is 14.0 Å². The molecule has 2 rings (SSSR count). The SMILES string of the molecule is CCOc1ccc(C(C)(O)c2ccc(OC)cc2)cc1. The molecule has 2 aromatic rings. The number of ether oxygens (including phenoxy) is 2. The summed E-state index contributed by atoms with van der Waals surface area (Å²) in [4.78, 5) is 0. The van der Waals surface area contributed by atoms with Gasteiger partial charge in [-0.1, -0.05) is 24.3 Å². The fraction of sp³-hybridized carbons (Fsp3) is 0.294. The van der Waals surface area contributed by atoms with Crippen LogP contribution in [0.1, 0.15) is 25.0 Å². The normalized spacial score (nSPS) is 13.6. The van der Waals surface area contributed by atoms with E-state index in [4.69, 9.17) is 9.47 Å². The predicted molar refractivity (Wildman–Crippen MR) is 79.3 cm³/mol. The highest BCUT2D eigenvalue weighted by Crippen LogP contribution is 2.31. The summed E-state index contributed by atoms with van der Waals surface area (Å²) in [5.41, 5.74) is 0.602. The lowest BCUT2D eigenvalue weighted by Crippen LogP contribution is -2.22.